The molecule has 2 atom stereocenters. The summed E-state index contributed by atoms with van der Waals surface area (Å²) in [6.07, 6.45) is 2.13. The second-order valence-electron chi connectivity index (χ2n) is 7.17. The predicted octanol–water partition coefficient (Wildman–Crippen LogP) is 1.61. The second-order valence-corrected chi connectivity index (χ2v) is 7.17. The Bertz CT molecular complexity index is 811. The Labute approximate surface area is 154 Å². The number of hydrogen-bond acceptors (Lipinski definition) is 6. The van der Waals surface area contributed by atoms with Crippen LogP contribution in [0.2, 0.25) is 0 Å². The second kappa shape index (κ2) is 7.58. The number of anilines is 1. The number of hydrogen-bond donors (Lipinski definition) is 1. The van der Waals surface area contributed by atoms with Gasteiger partial charge in [0.05, 0.1) is 23.3 Å². The Morgan fingerprint density at radius 3 is 2.92 bits per heavy atom. The number of benzene rings is 1. The maximum absolute atomic E-state index is 9.37. The molecule has 2 fully saturated rings. The quantitative estimate of drug-likeness (QED) is 0.906. The van der Waals surface area contributed by atoms with Crippen molar-refractivity contribution < 1.29 is 4.74 Å². The number of aromatic nitrogens is 1. The molecule has 1 aromatic heterocycles. The molecule has 6 heteroatoms. The summed E-state index contributed by atoms with van der Waals surface area (Å²) in [7, 11) is 0. The lowest BCUT2D eigenvalue weighted by atomic mass is 10.1. The largest absolute Gasteiger partial charge is 0.370 e. The molecule has 0 radical (unpaired) electrons. The van der Waals surface area contributed by atoms with Gasteiger partial charge in [0.2, 0.25) is 0 Å². The summed E-state index contributed by atoms with van der Waals surface area (Å²) in [6.45, 7) is 9.10. The standard InChI is InChI=1S/C20H25N5O/c1-15-12-25(14-17(26-15)13-24-9-7-22-8-10-24)19-5-4-16(11-21)20-18(19)3-2-6-23-20/h2-6,15,17,22H,7-10,12-14H2,1H3/t15-,17-/m1/s1. The topological polar surface area (TPSA) is 64.4 Å². The lowest BCUT2D eigenvalue weighted by molar-refractivity contribution is -0.0334. The van der Waals surface area contributed by atoms with Gasteiger partial charge in [-0.05, 0) is 31.2 Å². The van der Waals surface area contributed by atoms with Crippen LogP contribution in [0.25, 0.3) is 10.9 Å². The summed E-state index contributed by atoms with van der Waals surface area (Å²) in [4.78, 5) is 9.32. The molecule has 6 nitrogen and oxygen atoms in total. The van der Waals surface area contributed by atoms with Crippen LogP contribution in [0.4, 0.5) is 5.69 Å². The monoisotopic (exact) mass is 351 g/mol. The number of pyridine rings is 1. The Morgan fingerprint density at radius 2 is 2.12 bits per heavy atom. The Balaban J connectivity index is 1.59. The minimum atomic E-state index is 0.180. The minimum Gasteiger partial charge on any atom is -0.370 e. The van der Waals surface area contributed by atoms with E-state index in [-0.39, 0.29) is 12.2 Å². The maximum Gasteiger partial charge on any atom is 0.101 e. The Morgan fingerprint density at radius 1 is 1.27 bits per heavy atom. The SMILES string of the molecule is C[C@@H]1CN(c2ccc(C#N)c3ncccc23)C[C@@H](CN2CCNCC2)O1. The van der Waals surface area contributed by atoms with Crippen molar-refractivity contribution in [2.75, 3.05) is 50.7 Å². The van der Waals surface area contributed by atoms with Crippen LogP contribution in [-0.4, -0.2) is 67.9 Å². The zero-order valence-electron chi connectivity index (χ0n) is 15.2. The molecule has 3 heterocycles. The summed E-state index contributed by atoms with van der Waals surface area (Å²) < 4.78 is 6.23. The van der Waals surface area contributed by atoms with E-state index in [9.17, 15) is 5.26 Å². The van der Waals surface area contributed by atoms with Crippen LogP contribution in [0.1, 0.15) is 12.5 Å². The molecule has 0 unspecified atom stereocenters. The van der Waals surface area contributed by atoms with Crippen LogP contribution in [0.5, 0.6) is 0 Å². The summed E-state index contributed by atoms with van der Waals surface area (Å²) >= 11 is 0. The van der Waals surface area contributed by atoms with Crippen LogP contribution in [0, 0.1) is 11.3 Å². The van der Waals surface area contributed by atoms with Gasteiger partial charge in [-0.2, -0.15) is 5.26 Å². The van der Waals surface area contributed by atoms with E-state index in [1.807, 2.05) is 12.1 Å². The third-order valence-electron chi connectivity index (χ3n) is 5.21. The highest BCUT2D eigenvalue weighted by Gasteiger charge is 2.28. The van der Waals surface area contributed by atoms with Crippen molar-refractivity contribution >= 4 is 16.6 Å². The van der Waals surface area contributed by atoms with Crippen molar-refractivity contribution in [1.82, 2.24) is 15.2 Å². The zero-order chi connectivity index (χ0) is 17.9. The summed E-state index contributed by atoms with van der Waals surface area (Å²) in [5, 5.41) is 13.8. The first-order chi connectivity index (χ1) is 12.7. The van der Waals surface area contributed by atoms with Gasteiger partial charge in [-0.15, -0.1) is 0 Å². The van der Waals surface area contributed by atoms with Gasteiger partial charge in [0.15, 0.2) is 0 Å². The molecule has 26 heavy (non-hydrogen) atoms. The molecule has 0 aliphatic carbocycles. The average Bonchev–Trinajstić information content (AvgIpc) is 2.67. The first-order valence-electron chi connectivity index (χ1n) is 9.36. The van der Waals surface area contributed by atoms with E-state index in [4.69, 9.17) is 4.74 Å². The molecule has 2 aliphatic rings. The van der Waals surface area contributed by atoms with Crippen LogP contribution in [0.3, 0.4) is 0 Å². The van der Waals surface area contributed by atoms with Crippen molar-refractivity contribution in [1.29, 1.82) is 5.26 Å². The van der Waals surface area contributed by atoms with Crippen molar-refractivity contribution in [2.24, 2.45) is 0 Å². The fourth-order valence-corrected chi connectivity index (χ4v) is 4.05. The van der Waals surface area contributed by atoms with Crippen LogP contribution in [0.15, 0.2) is 30.5 Å². The van der Waals surface area contributed by atoms with Gasteiger partial charge in [0.1, 0.15) is 6.07 Å². The molecule has 0 spiro atoms. The lowest BCUT2D eigenvalue weighted by Crippen LogP contribution is -2.53. The highest BCUT2D eigenvalue weighted by atomic mass is 16.5. The van der Waals surface area contributed by atoms with Crippen LogP contribution < -0.4 is 10.2 Å². The zero-order valence-corrected chi connectivity index (χ0v) is 15.2. The third-order valence-corrected chi connectivity index (χ3v) is 5.21. The van der Waals surface area contributed by atoms with E-state index in [1.54, 1.807) is 6.20 Å². The molecule has 4 rings (SSSR count). The van der Waals surface area contributed by atoms with E-state index < -0.39 is 0 Å². The smallest absolute Gasteiger partial charge is 0.101 e. The van der Waals surface area contributed by atoms with Gasteiger partial charge in [-0.1, -0.05) is 0 Å². The molecular formula is C20H25N5O. The van der Waals surface area contributed by atoms with Gasteiger partial charge in [0, 0.05) is 63.1 Å². The number of fused-ring (bicyclic) bond motifs is 1. The number of nitriles is 1. The molecule has 136 valence electrons. The van der Waals surface area contributed by atoms with Crippen molar-refractivity contribution in [2.45, 2.75) is 19.1 Å². The fraction of sp³-hybridized carbons (Fsp3) is 0.500. The Hall–Kier alpha value is -2.20. The summed E-state index contributed by atoms with van der Waals surface area (Å²) in [6, 6.07) is 10.2. The average molecular weight is 351 g/mol. The summed E-state index contributed by atoms with van der Waals surface area (Å²) in [5.41, 5.74) is 2.56. The van der Waals surface area contributed by atoms with Crippen LogP contribution in [-0.2, 0) is 4.74 Å². The molecule has 2 saturated heterocycles. The highest BCUT2D eigenvalue weighted by molar-refractivity contribution is 5.95. The number of ether oxygens (including phenoxy) is 1. The van der Waals surface area contributed by atoms with E-state index >= 15 is 0 Å². The van der Waals surface area contributed by atoms with Gasteiger partial charge < -0.3 is 15.0 Å². The molecule has 0 bridgehead atoms. The third kappa shape index (κ3) is 3.51. The van der Waals surface area contributed by atoms with Gasteiger partial charge >= 0.3 is 0 Å². The molecular weight excluding hydrogens is 326 g/mol. The Kier molecular flexibility index (Phi) is 5.02. The van der Waals surface area contributed by atoms with E-state index in [2.05, 4.69) is 45.2 Å². The summed E-state index contributed by atoms with van der Waals surface area (Å²) in [5.74, 6) is 0. The van der Waals surface area contributed by atoms with Crippen molar-refractivity contribution in [3.63, 3.8) is 0 Å². The normalized spacial score (nSPS) is 24.5. The van der Waals surface area contributed by atoms with Crippen molar-refractivity contribution in [3.8, 4) is 6.07 Å². The lowest BCUT2D eigenvalue weighted by Gasteiger charge is -2.41. The maximum atomic E-state index is 9.37. The van der Waals surface area contributed by atoms with Gasteiger partial charge in [-0.25, -0.2) is 0 Å². The number of rotatable bonds is 3. The number of nitrogens with zero attached hydrogens (tertiary/aromatic N) is 4. The highest BCUT2D eigenvalue weighted by Crippen LogP contribution is 2.30. The van der Waals surface area contributed by atoms with Gasteiger partial charge in [-0.3, -0.25) is 9.88 Å². The van der Waals surface area contributed by atoms with E-state index in [1.165, 1.54) is 0 Å². The first kappa shape index (κ1) is 17.2. The molecule has 1 aromatic carbocycles. The number of nitrogens with one attached hydrogen (secondary N) is 1. The molecule has 2 aliphatic heterocycles. The van der Waals surface area contributed by atoms with E-state index in [0.29, 0.717) is 5.56 Å². The van der Waals surface area contributed by atoms with Crippen LogP contribution >= 0.6 is 0 Å². The number of morpholine rings is 1. The van der Waals surface area contributed by atoms with Gasteiger partial charge in [0.25, 0.3) is 0 Å². The van der Waals surface area contributed by atoms with E-state index in [0.717, 1.165) is 62.4 Å². The molecule has 0 saturated carbocycles. The molecule has 0 amide bonds. The first-order valence-corrected chi connectivity index (χ1v) is 9.36. The molecule has 1 N–H and O–H groups in total. The minimum absolute atomic E-state index is 0.180. The number of piperazine rings is 1. The van der Waals surface area contributed by atoms with Crippen molar-refractivity contribution in [3.05, 3.63) is 36.0 Å². The molecule has 2 aromatic rings. The fourth-order valence-electron chi connectivity index (χ4n) is 4.05. The predicted molar refractivity (Wildman–Crippen MR) is 102 cm³/mol.